The highest BCUT2D eigenvalue weighted by Crippen LogP contribution is 2.36. The van der Waals surface area contributed by atoms with Crippen molar-refractivity contribution in [3.63, 3.8) is 0 Å². The van der Waals surface area contributed by atoms with Crippen molar-refractivity contribution in [2.75, 3.05) is 31.1 Å². The molecule has 0 spiro atoms. The van der Waals surface area contributed by atoms with E-state index in [4.69, 9.17) is 0 Å². The predicted octanol–water partition coefficient (Wildman–Crippen LogP) is 2.86. The van der Waals surface area contributed by atoms with E-state index in [9.17, 15) is 22.8 Å². The van der Waals surface area contributed by atoms with Gasteiger partial charge in [-0.1, -0.05) is 18.2 Å². The quantitative estimate of drug-likeness (QED) is 0.705. The van der Waals surface area contributed by atoms with Gasteiger partial charge < -0.3 is 15.5 Å². The average molecular weight is 420 g/mol. The van der Waals surface area contributed by atoms with Gasteiger partial charge in [-0.2, -0.15) is 13.2 Å². The van der Waals surface area contributed by atoms with Gasteiger partial charge in [-0.3, -0.25) is 9.59 Å². The van der Waals surface area contributed by atoms with Gasteiger partial charge in [-0.05, 0) is 37.1 Å². The smallest absolute Gasteiger partial charge is 0.355 e. The van der Waals surface area contributed by atoms with Crippen LogP contribution in [0.15, 0.2) is 48.7 Å². The van der Waals surface area contributed by atoms with Crippen molar-refractivity contribution >= 4 is 17.6 Å². The second kappa shape index (κ2) is 9.60. The summed E-state index contributed by atoms with van der Waals surface area (Å²) in [6.45, 7) is 1.08. The van der Waals surface area contributed by atoms with Gasteiger partial charge in [0.25, 0.3) is 5.91 Å². The van der Waals surface area contributed by atoms with Gasteiger partial charge in [0.1, 0.15) is 5.82 Å². The Labute approximate surface area is 172 Å². The van der Waals surface area contributed by atoms with Crippen molar-refractivity contribution in [3.05, 3.63) is 59.8 Å². The summed E-state index contributed by atoms with van der Waals surface area (Å²) in [5, 5.41) is 5.47. The molecule has 1 aromatic heterocycles. The van der Waals surface area contributed by atoms with Crippen LogP contribution in [-0.4, -0.2) is 43.0 Å². The summed E-state index contributed by atoms with van der Waals surface area (Å²) in [5.74, 6) is -1.05. The number of amides is 2. The van der Waals surface area contributed by atoms with E-state index in [0.29, 0.717) is 24.9 Å². The number of hydrogen-bond donors (Lipinski definition) is 2. The van der Waals surface area contributed by atoms with Crippen molar-refractivity contribution in [1.82, 2.24) is 15.6 Å². The molecule has 2 aromatic rings. The van der Waals surface area contributed by atoms with Crippen LogP contribution in [0.1, 0.15) is 28.8 Å². The van der Waals surface area contributed by atoms with E-state index in [-0.39, 0.29) is 37.3 Å². The van der Waals surface area contributed by atoms with E-state index in [2.05, 4.69) is 15.6 Å². The van der Waals surface area contributed by atoms with Gasteiger partial charge in [-0.25, -0.2) is 4.98 Å². The number of pyridine rings is 1. The number of nitrogens with one attached hydrogen (secondary N) is 2. The topological polar surface area (TPSA) is 74.3 Å². The van der Waals surface area contributed by atoms with Crippen LogP contribution in [-0.2, 0) is 11.0 Å². The fraction of sp³-hybridized carbons (Fsp3) is 0.381. The van der Waals surface area contributed by atoms with Crippen LogP contribution in [0.4, 0.5) is 19.0 Å². The number of benzene rings is 1. The Kier molecular flexibility index (Phi) is 6.91. The van der Waals surface area contributed by atoms with Crippen molar-refractivity contribution in [2.45, 2.75) is 19.0 Å². The third-order valence-electron chi connectivity index (χ3n) is 4.93. The maximum Gasteiger partial charge on any atom is 0.419 e. The fourth-order valence-electron chi connectivity index (χ4n) is 3.45. The standard InChI is InChI=1S/C21H23F3N4O2/c22-21(23,24)17-9-4-10-25-18(17)28-13-5-8-16(14-28)20(30)27-12-11-26-19(29)15-6-2-1-3-7-15/h1-4,6-7,9-10,16H,5,8,11-14H2,(H,26,29)(H,27,30). The first-order valence-electron chi connectivity index (χ1n) is 9.74. The Morgan fingerprint density at radius 2 is 1.80 bits per heavy atom. The number of anilines is 1. The van der Waals surface area contributed by atoms with E-state index in [1.165, 1.54) is 17.2 Å². The van der Waals surface area contributed by atoms with Crippen molar-refractivity contribution in [3.8, 4) is 0 Å². The maximum atomic E-state index is 13.3. The summed E-state index contributed by atoms with van der Waals surface area (Å²) in [6, 6.07) is 11.0. The lowest BCUT2D eigenvalue weighted by Crippen LogP contribution is -2.45. The van der Waals surface area contributed by atoms with E-state index in [1.807, 2.05) is 6.07 Å². The molecule has 1 saturated heterocycles. The molecular weight excluding hydrogens is 397 g/mol. The molecular formula is C21H23F3N4O2. The molecule has 0 aliphatic carbocycles. The number of hydrogen-bond acceptors (Lipinski definition) is 4. The summed E-state index contributed by atoms with van der Waals surface area (Å²) in [4.78, 5) is 29.9. The molecule has 1 aromatic carbocycles. The average Bonchev–Trinajstić information content (AvgIpc) is 2.76. The first-order chi connectivity index (χ1) is 14.4. The van der Waals surface area contributed by atoms with Gasteiger partial charge in [0.15, 0.2) is 0 Å². The van der Waals surface area contributed by atoms with E-state index < -0.39 is 17.7 Å². The van der Waals surface area contributed by atoms with Gasteiger partial charge >= 0.3 is 6.18 Å². The first-order valence-corrected chi connectivity index (χ1v) is 9.74. The summed E-state index contributed by atoms with van der Waals surface area (Å²) in [5.41, 5.74) is -0.266. The first kappa shape index (κ1) is 21.6. The number of nitrogens with zero attached hydrogens (tertiary/aromatic N) is 2. The highest BCUT2D eigenvalue weighted by Gasteiger charge is 2.37. The fourth-order valence-corrected chi connectivity index (χ4v) is 3.45. The van der Waals surface area contributed by atoms with Crippen LogP contribution in [0.2, 0.25) is 0 Å². The lowest BCUT2D eigenvalue weighted by molar-refractivity contribution is -0.137. The molecule has 1 atom stereocenters. The molecule has 2 amide bonds. The third kappa shape index (κ3) is 5.49. The number of halogens is 3. The third-order valence-corrected chi connectivity index (χ3v) is 4.93. The van der Waals surface area contributed by atoms with Gasteiger partial charge in [-0.15, -0.1) is 0 Å². The van der Waals surface area contributed by atoms with Crippen molar-refractivity contribution in [2.24, 2.45) is 5.92 Å². The maximum absolute atomic E-state index is 13.3. The molecule has 0 bridgehead atoms. The molecule has 2 N–H and O–H groups in total. The number of piperidine rings is 1. The number of carbonyl (C=O) groups is 2. The molecule has 1 fully saturated rings. The predicted molar refractivity (Wildman–Crippen MR) is 106 cm³/mol. The van der Waals surface area contributed by atoms with E-state index in [1.54, 1.807) is 24.3 Å². The molecule has 1 aliphatic rings. The molecule has 2 heterocycles. The zero-order valence-corrected chi connectivity index (χ0v) is 16.3. The Morgan fingerprint density at radius 3 is 2.53 bits per heavy atom. The number of aromatic nitrogens is 1. The zero-order valence-electron chi connectivity index (χ0n) is 16.3. The molecule has 0 saturated carbocycles. The molecule has 9 heteroatoms. The lowest BCUT2D eigenvalue weighted by atomic mass is 9.96. The summed E-state index contributed by atoms with van der Waals surface area (Å²) in [6.07, 6.45) is -2.00. The van der Waals surface area contributed by atoms with Crippen LogP contribution < -0.4 is 15.5 Å². The van der Waals surface area contributed by atoms with Gasteiger partial charge in [0, 0.05) is 37.9 Å². The number of rotatable bonds is 6. The molecule has 160 valence electrons. The van der Waals surface area contributed by atoms with E-state index in [0.717, 1.165) is 6.07 Å². The second-order valence-electron chi connectivity index (χ2n) is 7.07. The summed E-state index contributed by atoms with van der Waals surface area (Å²) in [7, 11) is 0. The Hall–Kier alpha value is -3.10. The Bertz CT molecular complexity index is 874. The zero-order chi connectivity index (χ0) is 21.6. The molecule has 3 rings (SSSR count). The highest BCUT2D eigenvalue weighted by molar-refractivity contribution is 5.94. The minimum Gasteiger partial charge on any atom is -0.355 e. The van der Waals surface area contributed by atoms with Crippen molar-refractivity contribution < 1.29 is 22.8 Å². The van der Waals surface area contributed by atoms with Crippen molar-refractivity contribution in [1.29, 1.82) is 0 Å². The summed E-state index contributed by atoms with van der Waals surface area (Å²) < 4.78 is 39.8. The highest BCUT2D eigenvalue weighted by atomic mass is 19.4. The van der Waals surface area contributed by atoms with Crippen LogP contribution >= 0.6 is 0 Å². The van der Waals surface area contributed by atoms with Gasteiger partial charge in [0.2, 0.25) is 5.91 Å². The SMILES string of the molecule is O=C(NCCNC(=O)C1CCCN(c2ncccc2C(F)(F)F)C1)c1ccccc1. The van der Waals surface area contributed by atoms with E-state index >= 15 is 0 Å². The minimum atomic E-state index is -4.50. The Balaban J connectivity index is 1.51. The van der Waals surface area contributed by atoms with Gasteiger partial charge in [0.05, 0.1) is 11.5 Å². The van der Waals surface area contributed by atoms with Crippen LogP contribution in [0.3, 0.4) is 0 Å². The van der Waals surface area contributed by atoms with Crippen LogP contribution in [0.25, 0.3) is 0 Å². The minimum absolute atomic E-state index is 0.141. The number of alkyl halides is 3. The second-order valence-corrected chi connectivity index (χ2v) is 7.07. The summed E-state index contributed by atoms with van der Waals surface area (Å²) >= 11 is 0. The molecule has 30 heavy (non-hydrogen) atoms. The lowest BCUT2D eigenvalue weighted by Gasteiger charge is -2.34. The molecule has 6 nitrogen and oxygen atoms in total. The van der Waals surface area contributed by atoms with Crippen LogP contribution in [0.5, 0.6) is 0 Å². The normalized spacial score (nSPS) is 16.8. The largest absolute Gasteiger partial charge is 0.419 e. The Morgan fingerprint density at radius 1 is 1.07 bits per heavy atom. The molecule has 0 radical (unpaired) electrons. The monoisotopic (exact) mass is 420 g/mol. The molecule has 1 unspecified atom stereocenters. The van der Waals surface area contributed by atoms with Crippen LogP contribution in [0, 0.1) is 5.92 Å². The number of carbonyl (C=O) groups excluding carboxylic acids is 2. The molecule has 1 aliphatic heterocycles.